The summed E-state index contributed by atoms with van der Waals surface area (Å²) in [5, 5.41) is 3.71. The van der Waals surface area contributed by atoms with E-state index in [0.29, 0.717) is 24.5 Å². The summed E-state index contributed by atoms with van der Waals surface area (Å²) in [5.74, 6) is -0.660. The van der Waals surface area contributed by atoms with Crippen LogP contribution in [0.25, 0.3) is 21.0 Å². The summed E-state index contributed by atoms with van der Waals surface area (Å²) in [4.78, 5) is 3.32. The van der Waals surface area contributed by atoms with E-state index in [2.05, 4.69) is 27.7 Å². The minimum absolute atomic E-state index is 0.0476. The highest BCUT2D eigenvalue weighted by Gasteiger charge is 2.35. The van der Waals surface area contributed by atoms with Gasteiger partial charge in [0, 0.05) is 34.3 Å². The maximum atomic E-state index is 11.4. The second-order valence-electron chi connectivity index (χ2n) is 9.14. The first-order valence-corrected chi connectivity index (χ1v) is 17.2. The molecule has 0 saturated carbocycles. The third-order valence-corrected chi connectivity index (χ3v) is 10.7. The molecule has 2 heterocycles. The van der Waals surface area contributed by atoms with Gasteiger partial charge in [0.1, 0.15) is 4.70 Å². The predicted molar refractivity (Wildman–Crippen MR) is 154 cm³/mol. The van der Waals surface area contributed by atoms with Crippen molar-refractivity contribution in [1.82, 2.24) is 0 Å². The quantitative estimate of drug-likeness (QED) is 0.189. The minimum atomic E-state index is -4.08. The van der Waals surface area contributed by atoms with Crippen molar-refractivity contribution in [2.45, 2.75) is 36.1 Å². The molecule has 5 rings (SSSR count). The maximum absolute atomic E-state index is 11.4. The van der Waals surface area contributed by atoms with Gasteiger partial charge in [-0.25, -0.2) is 0 Å². The number of anilines is 1. The van der Waals surface area contributed by atoms with E-state index < -0.39 is 20.2 Å². The molecule has 0 spiro atoms. The highest BCUT2D eigenvalue weighted by Crippen LogP contribution is 2.48. The average Bonchev–Trinajstić information content (AvgIpc) is 3.35. The third-order valence-electron chi connectivity index (χ3n) is 6.44. The van der Waals surface area contributed by atoms with Crippen LogP contribution >= 0.6 is 34.7 Å². The van der Waals surface area contributed by atoms with Gasteiger partial charge in [-0.3, -0.25) is 9.11 Å². The van der Waals surface area contributed by atoms with Crippen molar-refractivity contribution >= 4 is 81.6 Å². The Hall–Kier alpha value is -1.93. The Labute approximate surface area is 234 Å². The molecule has 1 unspecified atom stereocenters. The van der Waals surface area contributed by atoms with E-state index in [9.17, 15) is 25.9 Å². The standard InChI is InChI=1S/C25H25ClN2O6S4/c26-18-8-10-21-20(15-18)27(11-3-13-37(29,30)31)23(35-21)16-24-28(12-4-14-38(32,33)34)25-19-6-2-1-5-17(19)7-9-22(25)36-24/h1-2,5-10,15,24H,3-4,11-14,16H2,(H-,29,30,31,32,33,34)/p+1. The Balaban J connectivity index is 1.51. The second-order valence-corrected chi connectivity index (χ2v) is 15.1. The lowest BCUT2D eigenvalue weighted by Gasteiger charge is -2.26. The summed E-state index contributed by atoms with van der Waals surface area (Å²) in [6, 6.07) is 17.9. The molecule has 1 atom stereocenters. The largest absolute Gasteiger partial charge is 0.357 e. The van der Waals surface area contributed by atoms with Crippen LogP contribution < -0.4 is 9.47 Å². The molecule has 2 N–H and O–H groups in total. The lowest BCUT2D eigenvalue weighted by atomic mass is 10.1. The van der Waals surface area contributed by atoms with E-state index in [1.807, 2.05) is 36.4 Å². The first-order chi connectivity index (χ1) is 18.0. The van der Waals surface area contributed by atoms with Gasteiger partial charge in [-0.1, -0.05) is 65.0 Å². The fourth-order valence-corrected chi connectivity index (χ4v) is 8.68. The van der Waals surface area contributed by atoms with Gasteiger partial charge in [0.15, 0.2) is 6.54 Å². The van der Waals surface area contributed by atoms with Crippen LogP contribution in [-0.2, 0) is 33.2 Å². The van der Waals surface area contributed by atoms with Crippen molar-refractivity contribution < 1.29 is 30.5 Å². The van der Waals surface area contributed by atoms with Gasteiger partial charge in [0.2, 0.25) is 10.5 Å². The van der Waals surface area contributed by atoms with Gasteiger partial charge in [-0.2, -0.15) is 21.4 Å². The van der Waals surface area contributed by atoms with E-state index in [4.69, 9.17) is 11.6 Å². The Morgan fingerprint density at radius 1 is 0.947 bits per heavy atom. The second kappa shape index (κ2) is 10.9. The molecule has 3 aromatic carbocycles. The molecule has 0 saturated heterocycles. The number of nitrogens with zero attached hydrogens (tertiary/aromatic N) is 2. The van der Waals surface area contributed by atoms with Crippen molar-refractivity contribution in [3.8, 4) is 0 Å². The number of fused-ring (bicyclic) bond motifs is 4. The number of aryl methyl sites for hydroxylation is 1. The molecule has 4 aromatic rings. The molecule has 8 nitrogen and oxygen atoms in total. The van der Waals surface area contributed by atoms with Gasteiger partial charge < -0.3 is 4.90 Å². The maximum Gasteiger partial charge on any atom is 0.265 e. The summed E-state index contributed by atoms with van der Waals surface area (Å²) >= 11 is 9.60. The number of benzene rings is 3. The molecule has 0 fully saturated rings. The molecule has 0 amide bonds. The Bertz CT molecular complexity index is 1720. The summed E-state index contributed by atoms with van der Waals surface area (Å²) < 4.78 is 67.2. The van der Waals surface area contributed by atoms with Crippen molar-refractivity contribution in [3.05, 3.63) is 64.6 Å². The van der Waals surface area contributed by atoms with Crippen LogP contribution in [0, 0.1) is 0 Å². The SMILES string of the molecule is O=S(=O)(O)CCCN1c2c(ccc3ccccc23)SC1Cc1sc2ccc(Cl)cc2[n+]1CCCS(=O)(=O)O. The van der Waals surface area contributed by atoms with E-state index in [-0.39, 0.29) is 29.7 Å². The Kier molecular flexibility index (Phi) is 7.94. The molecule has 0 radical (unpaired) electrons. The van der Waals surface area contributed by atoms with Crippen LogP contribution in [0.5, 0.6) is 0 Å². The van der Waals surface area contributed by atoms with Crippen LogP contribution in [0.2, 0.25) is 5.02 Å². The summed E-state index contributed by atoms with van der Waals surface area (Å²) in [5.41, 5.74) is 1.95. The van der Waals surface area contributed by atoms with Crippen LogP contribution in [0.4, 0.5) is 5.69 Å². The minimum Gasteiger partial charge on any atom is -0.357 e. The van der Waals surface area contributed by atoms with Crippen molar-refractivity contribution in [2.24, 2.45) is 0 Å². The van der Waals surface area contributed by atoms with E-state index in [1.165, 1.54) is 0 Å². The number of thioether (sulfide) groups is 1. The zero-order chi connectivity index (χ0) is 27.1. The first kappa shape index (κ1) is 27.6. The summed E-state index contributed by atoms with van der Waals surface area (Å²) in [6.07, 6.45) is 1.13. The normalized spacial score (nSPS) is 16.0. The lowest BCUT2D eigenvalue weighted by molar-refractivity contribution is -0.674. The van der Waals surface area contributed by atoms with Crippen LogP contribution in [0.1, 0.15) is 17.8 Å². The molecule has 38 heavy (non-hydrogen) atoms. The molecular weight excluding hydrogens is 588 g/mol. The summed E-state index contributed by atoms with van der Waals surface area (Å²) in [6.45, 7) is 0.837. The molecule has 1 aliphatic rings. The zero-order valence-electron chi connectivity index (χ0n) is 20.2. The summed E-state index contributed by atoms with van der Waals surface area (Å²) in [7, 11) is -8.16. The van der Waals surface area contributed by atoms with E-state index in [1.54, 1.807) is 23.1 Å². The lowest BCUT2D eigenvalue weighted by Crippen LogP contribution is -2.41. The van der Waals surface area contributed by atoms with Crippen LogP contribution in [0.3, 0.4) is 0 Å². The van der Waals surface area contributed by atoms with Gasteiger partial charge in [0.25, 0.3) is 20.2 Å². The molecule has 0 aliphatic carbocycles. The molecule has 202 valence electrons. The fourth-order valence-electron chi connectivity index (χ4n) is 4.86. The van der Waals surface area contributed by atoms with Gasteiger partial charge in [-0.05, 0) is 30.0 Å². The molecular formula is C25H26ClN2O6S4+. The number of hydrogen-bond acceptors (Lipinski definition) is 7. The van der Waals surface area contributed by atoms with Crippen LogP contribution in [-0.4, -0.2) is 49.4 Å². The topological polar surface area (TPSA) is 116 Å². The fraction of sp³-hybridized carbons (Fsp3) is 0.320. The van der Waals surface area contributed by atoms with E-state index >= 15 is 0 Å². The number of hydrogen-bond donors (Lipinski definition) is 2. The Morgan fingerprint density at radius 2 is 1.68 bits per heavy atom. The van der Waals surface area contributed by atoms with E-state index in [0.717, 1.165) is 36.6 Å². The predicted octanol–water partition coefficient (Wildman–Crippen LogP) is 5.03. The first-order valence-electron chi connectivity index (χ1n) is 11.9. The third kappa shape index (κ3) is 6.27. The molecule has 13 heteroatoms. The number of rotatable bonds is 10. The van der Waals surface area contributed by atoms with Crippen molar-refractivity contribution in [1.29, 1.82) is 0 Å². The number of thiazole rings is 1. The molecule has 1 aliphatic heterocycles. The highest BCUT2D eigenvalue weighted by molar-refractivity contribution is 8.00. The van der Waals surface area contributed by atoms with Crippen molar-refractivity contribution in [2.75, 3.05) is 23.0 Å². The zero-order valence-corrected chi connectivity index (χ0v) is 24.2. The van der Waals surface area contributed by atoms with Gasteiger partial charge in [0.05, 0.1) is 29.0 Å². The van der Waals surface area contributed by atoms with Gasteiger partial charge >= 0.3 is 0 Å². The average molecular weight is 614 g/mol. The smallest absolute Gasteiger partial charge is 0.265 e. The van der Waals surface area contributed by atoms with Gasteiger partial charge in [-0.15, -0.1) is 0 Å². The van der Waals surface area contributed by atoms with Crippen molar-refractivity contribution in [3.63, 3.8) is 0 Å². The molecule has 1 aromatic heterocycles. The molecule has 0 bridgehead atoms. The number of halogens is 1. The highest BCUT2D eigenvalue weighted by atomic mass is 35.5. The Morgan fingerprint density at radius 3 is 2.45 bits per heavy atom. The monoisotopic (exact) mass is 613 g/mol. The van der Waals surface area contributed by atoms with Crippen LogP contribution in [0.15, 0.2) is 59.5 Å². The number of aromatic nitrogens is 1.